The summed E-state index contributed by atoms with van der Waals surface area (Å²) in [7, 11) is -2.50. The Morgan fingerprint density at radius 3 is 2.89 bits per heavy atom. The van der Waals surface area contributed by atoms with Crippen LogP contribution in [-0.2, 0) is 19.6 Å². The number of sulfonamides is 1. The molecule has 0 spiro atoms. The molecule has 96 valence electrons. The van der Waals surface area contributed by atoms with Gasteiger partial charge in [0.05, 0.1) is 12.8 Å². The number of hydrogen-bond donors (Lipinski definition) is 0. The lowest BCUT2D eigenvalue weighted by Crippen LogP contribution is -2.32. The van der Waals surface area contributed by atoms with Crippen molar-refractivity contribution in [3.05, 3.63) is 23.2 Å². The lowest BCUT2D eigenvalue weighted by Gasteiger charge is -2.23. The Morgan fingerprint density at radius 1 is 1.50 bits per heavy atom. The van der Waals surface area contributed by atoms with Crippen molar-refractivity contribution in [3.63, 3.8) is 0 Å². The lowest BCUT2D eigenvalue weighted by atomic mass is 10.3. The van der Waals surface area contributed by atoms with E-state index in [2.05, 4.69) is 9.13 Å². The minimum Gasteiger partial charge on any atom is -0.468 e. The molecule has 1 aromatic rings. The molecule has 18 heavy (non-hydrogen) atoms. The number of rotatable bonds is 2. The van der Waals surface area contributed by atoms with Gasteiger partial charge in [0.2, 0.25) is 0 Å². The van der Waals surface area contributed by atoms with Gasteiger partial charge in [-0.2, -0.15) is 8.42 Å². The summed E-state index contributed by atoms with van der Waals surface area (Å²) < 4.78 is 31.4. The second-order valence-corrected chi connectivity index (χ2v) is 5.55. The average molecular weight is 289 g/mol. The SMILES string of the molecule is COC(=O)CN1C=NS(=O)(=O)c2cc(Cl)ccc21. The van der Waals surface area contributed by atoms with Gasteiger partial charge in [-0.25, -0.2) is 0 Å². The van der Waals surface area contributed by atoms with Crippen LogP contribution >= 0.6 is 11.6 Å². The van der Waals surface area contributed by atoms with E-state index in [-0.39, 0.29) is 16.5 Å². The van der Waals surface area contributed by atoms with Crippen molar-refractivity contribution in [3.8, 4) is 0 Å². The van der Waals surface area contributed by atoms with Gasteiger partial charge in [-0.3, -0.25) is 4.79 Å². The highest BCUT2D eigenvalue weighted by Gasteiger charge is 2.26. The molecule has 8 heteroatoms. The first kappa shape index (κ1) is 12.8. The van der Waals surface area contributed by atoms with Crippen molar-refractivity contribution in [1.82, 2.24) is 0 Å². The first-order chi connectivity index (χ1) is 8.44. The van der Waals surface area contributed by atoms with Crippen LogP contribution in [0, 0.1) is 0 Å². The van der Waals surface area contributed by atoms with Crippen LogP contribution in [0.2, 0.25) is 5.02 Å². The van der Waals surface area contributed by atoms with Crippen molar-refractivity contribution in [1.29, 1.82) is 0 Å². The number of carbonyl (C=O) groups excluding carboxylic acids is 1. The molecule has 0 fully saturated rings. The summed E-state index contributed by atoms with van der Waals surface area (Å²) in [6, 6.07) is 4.36. The molecule has 0 radical (unpaired) electrons. The van der Waals surface area contributed by atoms with E-state index in [0.717, 1.165) is 6.34 Å². The molecule has 0 bridgehead atoms. The maximum Gasteiger partial charge on any atom is 0.325 e. The van der Waals surface area contributed by atoms with E-state index in [1.54, 1.807) is 6.07 Å². The number of halogens is 1. The molecule has 2 rings (SSSR count). The van der Waals surface area contributed by atoms with Crippen LogP contribution in [0.15, 0.2) is 27.5 Å². The molecule has 0 amide bonds. The smallest absolute Gasteiger partial charge is 0.325 e. The zero-order valence-electron chi connectivity index (χ0n) is 9.33. The van der Waals surface area contributed by atoms with Crippen molar-refractivity contribution in [2.24, 2.45) is 4.40 Å². The van der Waals surface area contributed by atoms with E-state index < -0.39 is 16.0 Å². The average Bonchev–Trinajstić information content (AvgIpc) is 2.33. The Hall–Kier alpha value is -1.60. The Bertz CT molecular complexity index is 627. The molecule has 1 aliphatic heterocycles. The standard InChI is InChI=1S/C10H9ClN2O4S/c1-17-10(14)5-13-6-12-18(15,16)9-4-7(11)2-3-8(9)13/h2-4,6H,5H2,1H3. The quantitative estimate of drug-likeness (QED) is 0.760. The summed E-state index contributed by atoms with van der Waals surface area (Å²) in [6.07, 6.45) is 1.09. The van der Waals surface area contributed by atoms with Gasteiger partial charge in [0, 0.05) is 5.02 Å². The fourth-order valence-corrected chi connectivity index (χ4v) is 2.81. The monoisotopic (exact) mass is 288 g/mol. The molecule has 1 aromatic carbocycles. The normalized spacial score (nSPS) is 16.2. The molecule has 1 aliphatic rings. The topological polar surface area (TPSA) is 76.0 Å². The van der Waals surface area contributed by atoms with E-state index in [9.17, 15) is 13.2 Å². The van der Waals surface area contributed by atoms with Gasteiger partial charge in [0.15, 0.2) is 0 Å². The summed E-state index contributed by atoms with van der Waals surface area (Å²) in [5.41, 5.74) is 0.347. The van der Waals surface area contributed by atoms with Crippen molar-refractivity contribution in [2.75, 3.05) is 18.6 Å². The molecule has 0 aromatic heterocycles. The fourth-order valence-electron chi connectivity index (χ4n) is 1.50. The van der Waals surface area contributed by atoms with E-state index in [4.69, 9.17) is 11.6 Å². The number of anilines is 1. The predicted molar refractivity (Wildman–Crippen MR) is 66.5 cm³/mol. The number of ether oxygens (including phenoxy) is 1. The van der Waals surface area contributed by atoms with Crippen LogP contribution in [-0.4, -0.2) is 34.4 Å². The second-order valence-electron chi connectivity index (χ2n) is 3.51. The minimum absolute atomic E-state index is 0.0265. The number of carbonyl (C=O) groups is 1. The Morgan fingerprint density at radius 2 is 2.22 bits per heavy atom. The van der Waals surface area contributed by atoms with Crippen LogP contribution in [0.3, 0.4) is 0 Å². The summed E-state index contributed by atoms with van der Waals surface area (Å²) in [4.78, 5) is 12.6. The van der Waals surface area contributed by atoms with Gasteiger partial charge < -0.3 is 9.64 Å². The summed E-state index contributed by atoms with van der Waals surface area (Å²) in [5.74, 6) is -0.498. The number of nitrogens with zero attached hydrogens (tertiary/aromatic N) is 2. The summed E-state index contributed by atoms with van der Waals surface area (Å²) >= 11 is 5.76. The zero-order valence-corrected chi connectivity index (χ0v) is 10.9. The molecule has 0 N–H and O–H groups in total. The Kier molecular flexibility index (Phi) is 3.27. The van der Waals surface area contributed by atoms with Crippen molar-refractivity contribution in [2.45, 2.75) is 4.90 Å². The van der Waals surface area contributed by atoms with E-state index in [1.807, 2.05) is 0 Å². The highest BCUT2D eigenvalue weighted by atomic mass is 35.5. The Balaban J connectivity index is 2.48. The molecule has 1 heterocycles. The van der Waals surface area contributed by atoms with Crippen LogP contribution in [0.5, 0.6) is 0 Å². The molecular formula is C10H9ClN2O4S. The number of esters is 1. The van der Waals surface area contributed by atoms with Crippen molar-refractivity contribution < 1.29 is 17.9 Å². The van der Waals surface area contributed by atoms with Crippen molar-refractivity contribution >= 4 is 39.6 Å². The first-order valence-corrected chi connectivity index (χ1v) is 6.69. The molecule has 0 unspecified atom stereocenters. The number of methoxy groups -OCH3 is 1. The third-order valence-corrected chi connectivity index (χ3v) is 3.85. The maximum absolute atomic E-state index is 11.7. The largest absolute Gasteiger partial charge is 0.468 e. The zero-order chi connectivity index (χ0) is 13.3. The van der Waals surface area contributed by atoms with Crippen LogP contribution in [0.4, 0.5) is 5.69 Å². The van der Waals surface area contributed by atoms with Crippen LogP contribution in [0.1, 0.15) is 0 Å². The maximum atomic E-state index is 11.7. The van der Waals surface area contributed by atoms with Gasteiger partial charge in [0.1, 0.15) is 17.8 Å². The van der Waals surface area contributed by atoms with Gasteiger partial charge in [-0.05, 0) is 18.2 Å². The van der Waals surface area contributed by atoms with Gasteiger partial charge in [-0.15, -0.1) is 4.40 Å². The van der Waals surface area contributed by atoms with Gasteiger partial charge >= 0.3 is 5.97 Å². The van der Waals surface area contributed by atoms with Gasteiger partial charge in [-0.1, -0.05) is 11.6 Å². The highest BCUT2D eigenvalue weighted by molar-refractivity contribution is 7.90. The third kappa shape index (κ3) is 2.32. The Labute approximate surface area is 109 Å². The molecule has 0 atom stereocenters. The third-order valence-electron chi connectivity index (χ3n) is 2.36. The number of fused-ring (bicyclic) bond motifs is 1. The molecule has 0 aliphatic carbocycles. The molecule has 6 nitrogen and oxygen atoms in total. The lowest BCUT2D eigenvalue weighted by molar-refractivity contribution is -0.138. The molecule has 0 saturated heterocycles. The molecular weight excluding hydrogens is 280 g/mol. The van der Waals surface area contributed by atoms with Gasteiger partial charge in [0.25, 0.3) is 10.0 Å². The number of hydrogen-bond acceptors (Lipinski definition) is 5. The van der Waals surface area contributed by atoms with Crippen LogP contribution < -0.4 is 4.90 Å². The predicted octanol–water partition coefficient (Wildman–Crippen LogP) is 1.05. The highest BCUT2D eigenvalue weighted by Crippen LogP contribution is 2.31. The fraction of sp³-hybridized carbons (Fsp3) is 0.200. The summed E-state index contributed by atoms with van der Waals surface area (Å²) in [5, 5.41) is 0.285. The second kappa shape index (κ2) is 4.58. The van der Waals surface area contributed by atoms with Crippen LogP contribution in [0.25, 0.3) is 0 Å². The molecule has 0 saturated carbocycles. The summed E-state index contributed by atoms with van der Waals surface area (Å²) in [6.45, 7) is -0.121. The first-order valence-electron chi connectivity index (χ1n) is 4.87. The minimum atomic E-state index is -3.75. The van der Waals surface area contributed by atoms with E-state index in [0.29, 0.717) is 5.69 Å². The van der Waals surface area contributed by atoms with E-state index in [1.165, 1.54) is 24.1 Å². The van der Waals surface area contributed by atoms with E-state index >= 15 is 0 Å². The number of benzene rings is 1.